The van der Waals surface area contributed by atoms with Crippen molar-refractivity contribution in [1.29, 1.82) is 0 Å². The SMILES string of the molecule is O=C(Nc1ccc(N2CCN(C(=O)c3ccco3)CC2)nc1)c1ccc(Cl)cc1. The van der Waals surface area contributed by atoms with Crippen molar-refractivity contribution >= 4 is 34.9 Å². The number of anilines is 2. The van der Waals surface area contributed by atoms with Gasteiger partial charge < -0.3 is 19.5 Å². The maximum atomic E-state index is 12.3. The highest BCUT2D eigenvalue weighted by Crippen LogP contribution is 2.18. The Labute approximate surface area is 172 Å². The summed E-state index contributed by atoms with van der Waals surface area (Å²) in [6.07, 6.45) is 3.13. The number of aromatic nitrogens is 1. The lowest BCUT2D eigenvalue weighted by molar-refractivity contribution is 0.0714. The molecule has 0 radical (unpaired) electrons. The summed E-state index contributed by atoms with van der Waals surface area (Å²) in [6, 6.07) is 13.8. The first kappa shape index (κ1) is 19.0. The van der Waals surface area contributed by atoms with E-state index in [1.54, 1.807) is 47.5 Å². The molecule has 8 heteroatoms. The van der Waals surface area contributed by atoms with Gasteiger partial charge in [0.05, 0.1) is 18.1 Å². The highest BCUT2D eigenvalue weighted by molar-refractivity contribution is 6.30. The van der Waals surface area contributed by atoms with Crippen molar-refractivity contribution < 1.29 is 14.0 Å². The van der Waals surface area contributed by atoms with Crippen LogP contribution in [0.25, 0.3) is 0 Å². The smallest absolute Gasteiger partial charge is 0.289 e. The first-order valence-corrected chi connectivity index (χ1v) is 9.59. The van der Waals surface area contributed by atoms with E-state index >= 15 is 0 Å². The van der Waals surface area contributed by atoms with Gasteiger partial charge in [-0.15, -0.1) is 0 Å². The number of piperazine rings is 1. The van der Waals surface area contributed by atoms with Crippen LogP contribution < -0.4 is 10.2 Å². The lowest BCUT2D eigenvalue weighted by Crippen LogP contribution is -2.49. The van der Waals surface area contributed by atoms with Crippen LogP contribution in [-0.2, 0) is 0 Å². The molecule has 148 valence electrons. The standard InChI is InChI=1S/C21H19ClN4O3/c22-16-5-3-15(4-6-16)20(27)24-17-7-8-19(23-14-17)25-9-11-26(12-10-25)21(28)18-2-1-13-29-18/h1-8,13-14H,9-12H2,(H,24,27). The lowest BCUT2D eigenvalue weighted by atomic mass is 10.2. The molecule has 4 rings (SSSR count). The summed E-state index contributed by atoms with van der Waals surface area (Å²) >= 11 is 5.85. The molecule has 3 heterocycles. The summed E-state index contributed by atoms with van der Waals surface area (Å²) in [5.74, 6) is 0.848. The zero-order chi connectivity index (χ0) is 20.2. The van der Waals surface area contributed by atoms with E-state index in [2.05, 4.69) is 15.2 Å². The summed E-state index contributed by atoms with van der Waals surface area (Å²) in [6.45, 7) is 2.54. The molecule has 1 N–H and O–H groups in total. The topological polar surface area (TPSA) is 78.7 Å². The quantitative estimate of drug-likeness (QED) is 0.711. The number of hydrogen-bond donors (Lipinski definition) is 1. The second-order valence-corrected chi connectivity index (χ2v) is 7.06. The van der Waals surface area contributed by atoms with Crippen LogP contribution in [0.3, 0.4) is 0 Å². The van der Waals surface area contributed by atoms with E-state index in [-0.39, 0.29) is 11.8 Å². The average molecular weight is 411 g/mol. The van der Waals surface area contributed by atoms with Gasteiger partial charge in [-0.2, -0.15) is 0 Å². The van der Waals surface area contributed by atoms with Crippen molar-refractivity contribution in [2.45, 2.75) is 0 Å². The molecule has 1 aliphatic heterocycles. The number of furan rings is 1. The van der Waals surface area contributed by atoms with Gasteiger partial charge in [0, 0.05) is 36.8 Å². The minimum Gasteiger partial charge on any atom is -0.459 e. The molecule has 2 aromatic heterocycles. The Morgan fingerprint density at radius 3 is 2.38 bits per heavy atom. The third-order valence-electron chi connectivity index (χ3n) is 4.73. The monoisotopic (exact) mass is 410 g/mol. The molecule has 0 atom stereocenters. The molecule has 0 spiro atoms. The van der Waals surface area contributed by atoms with Crippen LogP contribution in [-0.4, -0.2) is 47.9 Å². The summed E-state index contributed by atoms with van der Waals surface area (Å²) in [4.78, 5) is 32.9. The van der Waals surface area contributed by atoms with E-state index in [0.717, 1.165) is 5.82 Å². The fraction of sp³-hybridized carbons (Fsp3) is 0.190. The molecule has 3 aromatic rings. The maximum absolute atomic E-state index is 12.3. The zero-order valence-corrected chi connectivity index (χ0v) is 16.3. The van der Waals surface area contributed by atoms with E-state index in [4.69, 9.17) is 16.0 Å². The van der Waals surface area contributed by atoms with Gasteiger partial charge in [0.25, 0.3) is 11.8 Å². The van der Waals surface area contributed by atoms with Gasteiger partial charge in [0.15, 0.2) is 5.76 Å². The number of pyridine rings is 1. The normalized spacial score (nSPS) is 14.0. The zero-order valence-electron chi connectivity index (χ0n) is 15.5. The molecule has 7 nitrogen and oxygen atoms in total. The summed E-state index contributed by atoms with van der Waals surface area (Å²) in [7, 11) is 0. The Morgan fingerprint density at radius 1 is 1.00 bits per heavy atom. The third-order valence-corrected chi connectivity index (χ3v) is 4.99. The Bertz CT molecular complexity index is 980. The molecule has 29 heavy (non-hydrogen) atoms. The van der Waals surface area contributed by atoms with Gasteiger partial charge in [-0.3, -0.25) is 9.59 Å². The van der Waals surface area contributed by atoms with Crippen molar-refractivity contribution in [2.24, 2.45) is 0 Å². The summed E-state index contributed by atoms with van der Waals surface area (Å²) < 4.78 is 5.18. The molecule has 0 unspecified atom stereocenters. The predicted molar refractivity (Wildman–Crippen MR) is 110 cm³/mol. The van der Waals surface area contributed by atoms with Crippen LogP contribution in [0.1, 0.15) is 20.9 Å². The van der Waals surface area contributed by atoms with Crippen molar-refractivity contribution in [3.63, 3.8) is 0 Å². The van der Waals surface area contributed by atoms with E-state index in [0.29, 0.717) is 48.2 Å². The molecule has 0 aliphatic carbocycles. The number of carbonyl (C=O) groups is 2. The molecule has 1 fully saturated rings. The average Bonchev–Trinajstić information content (AvgIpc) is 3.29. The third kappa shape index (κ3) is 4.41. The first-order valence-electron chi connectivity index (χ1n) is 9.21. The molecule has 0 bridgehead atoms. The Morgan fingerprint density at radius 2 is 1.76 bits per heavy atom. The van der Waals surface area contributed by atoms with Crippen molar-refractivity contribution in [3.8, 4) is 0 Å². The highest BCUT2D eigenvalue weighted by Gasteiger charge is 2.24. The number of nitrogens with zero attached hydrogens (tertiary/aromatic N) is 3. The van der Waals surface area contributed by atoms with Crippen LogP contribution in [0.15, 0.2) is 65.4 Å². The van der Waals surface area contributed by atoms with Gasteiger partial charge in [0.2, 0.25) is 0 Å². The maximum Gasteiger partial charge on any atom is 0.289 e. The number of amides is 2. The van der Waals surface area contributed by atoms with E-state index in [9.17, 15) is 9.59 Å². The first-order chi connectivity index (χ1) is 14.1. The Hall–Kier alpha value is -3.32. The fourth-order valence-corrected chi connectivity index (χ4v) is 3.27. The highest BCUT2D eigenvalue weighted by atomic mass is 35.5. The number of carbonyl (C=O) groups excluding carboxylic acids is 2. The number of nitrogens with one attached hydrogen (secondary N) is 1. The van der Waals surface area contributed by atoms with Crippen molar-refractivity contribution in [2.75, 3.05) is 36.4 Å². The molecule has 1 aromatic carbocycles. The lowest BCUT2D eigenvalue weighted by Gasteiger charge is -2.35. The van der Waals surface area contributed by atoms with E-state index in [1.165, 1.54) is 6.26 Å². The van der Waals surface area contributed by atoms with E-state index < -0.39 is 0 Å². The van der Waals surface area contributed by atoms with E-state index in [1.807, 2.05) is 12.1 Å². The molecule has 0 saturated carbocycles. The predicted octanol–water partition coefficient (Wildman–Crippen LogP) is 3.54. The number of hydrogen-bond acceptors (Lipinski definition) is 5. The van der Waals surface area contributed by atoms with Gasteiger partial charge in [-0.05, 0) is 48.5 Å². The van der Waals surface area contributed by atoms with Crippen molar-refractivity contribution in [1.82, 2.24) is 9.88 Å². The fourth-order valence-electron chi connectivity index (χ4n) is 3.15. The Kier molecular flexibility index (Phi) is 5.48. The molecule has 1 aliphatic rings. The van der Waals surface area contributed by atoms with Crippen LogP contribution in [0.4, 0.5) is 11.5 Å². The van der Waals surface area contributed by atoms with Crippen LogP contribution in [0.5, 0.6) is 0 Å². The molecule has 1 saturated heterocycles. The minimum atomic E-state index is -0.221. The largest absolute Gasteiger partial charge is 0.459 e. The van der Waals surface area contributed by atoms with Gasteiger partial charge >= 0.3 is 0 Å². The van der Waals surface area contributed by atoms with Crippen molar-refractivity contribution in [3.05, 3.63) is 77.3 Å². The minimum absolute atomic E-state index is 0.0946. The number of rotatable bonds is 4. The summed E-state index contributed by atoms with van der Waals surface area (Å²) in [5.41, 5.74) is 1.14. The number of halogens is 1. The second kappa shape index (κ2) is 8.36. The molecular weight excluding hydrogens is 392 g/mol. The van der Waals surface area contributed by atoms with Crippen LogP contribution in [0, 0.1) is 0 Å². The van der Waals surface area contributed by atoms with Crippen LogP contribution in [0.2, 0.25) is 5.02 Å². The van der Waals surface area contributed by atoms with Crippen LogP contribution >= 0.6 is 11.6 Å². The van der Waals surface area contributed by atoms with Gasteiger partial charge in [-0.25, -0.2) is 4.98 Å². The molecular formula is C21H19ClN4O3. The number of benzene rings is 1. The molecule has 2 amide bonds. The second-order valence-electron chi connectivity index (χ2n) is 6.62. The van der Waals surface area contributed by atoms with Gasteiger partial charge in [-0.1, -0.05) is 11.6 Å². The summed E-state index contributed by atoms with van der Waals surface area (Å²) in [5, 5.41) is 3.40. The van der Waals surface area contributed by atoms with Gasteiger partial charge in [0.1, 0.15) is 5.82 Å². The Balaban J connectivity index is 1.33.